The van der Waals surface area contributed by atoms with Gasteiger partial charge in [0, 0.05) is 19.3 Å². The molecular formula is C65H112O6. The molecule has 0 aliphatic heterocycles. The smallest absolute Gasteiger partial charge is 0.306 e. The van der Waals surface area contributed by atoms with Crippen LogP contribution in [0.3, 0.4) is 0 Å². The predicted molar refractivity (Wildman–Crippen MR) is 307 cm³/mol. The maximum atomic E-state index is 12.8. The van der Waals surface area contributed by atoms with E-state index in [2.05, 4.69) is 99.8 Å². The maximum Gasteiger partial charge on any atom is 0.306 e. The third-order valence-corrected chi connectivity index (χ3v) is 12.9. The molecule has 0 spiro atoms. The summed E-state index contributed by atoms with van der Waals surface area (Å²) in [5.41, 5.74) is 0. The Kier molecular flexibility index (Phi) is 56.3. The number of hydrogen-bond donors (Lipinski definition) is 0. The molecule has 0 saturated heterocycles. The zero-order chi connectivity index (χ0) is 51.4. The van der Waals surface area contributed by atoms with Crippen LogP contribution in [0.15, 0.2) is 85.1 Å². The van der Waals surface area contributed by atoms with Gasteiger partial charge in [0.1, 0.15) is 13.2 Å². The van der Waals surface area contributed by atoms with Gasteiger partial charge in [-0.05, 0) is 109 Å². The van der Waals surface area contributed by atoms with E-state index in [0.29, 0.717) is 19.3 Å². The Bertz CT molecular complexity index is 1370. The molecule has 0 heterocycles. The summed E-state index contributed by atoms with van der Waals surface area (Å²) in [5.74, 6) is -0.991. The summed E-state index contributed by atoms with van der Waals surface area (Å²) in [5, 5.41) is 0. The lowest BCUT2D eigenvalue weighted by atomic mass is 10.0. The summed E-state index contributed by atoms with van der Waals surface area (Å²) < 4.78 is 16.8. The second-order valence-corrected chi connectivity index (χ2v) is 19.9. The minimum Gasteiger partial charge on any atom is -0.462 e. The topological polar surface area (TPSA) is 78.9 Å². The van der Waals surface area contributed by atoms with E-state index in [4.69, 9.17) is 14.2 Å². The molecule has 0 aromatic heterocycles. The van der Waals surface area contributed by atoms with Gasteiger partial charge in [-0.15, -0.1) is 0 Å². The summed E-state index contributed by atoms with van der Waals surface area (Å²) in [6.45, 7) is 6.54. The van der Waals surface area contributed by atoms with Gasteiger partial charge in [0.05, 0.1) is 0 Å². The molecule has 0 fully saturated rings. The molecule has 0 aromatic carbocycles. The number of esters is 3. The first kappa shape index (κ1) is 67.6. The van der Waals surface area contributed by atoms with Crippen LogP contribution in [0.5, 0.6) is 0 Å². The molecule has 0 N–H and O–H groups in total. The van der Waals surface area contributed by atoms with Crippen molar-refractivity contribution in [2.75, 3.05) is 13.2 Å². The van der Waals surface area contributed by atoms with Crippen molar-refractivity contribution in [1.29, 1.82) is 0 Å². The molecule has 0 amide bonds. The van der Waals surface area contributed by atoms with Gasteiger partial charge in [-0.2, -0.15) is 0 Å². The summed E-state index contributed by atoms with van der Waals surface area (Å²) in [6.07, 6.45) is 77.3. The quantitative estimate of drug-likeness (QED) is 0.0261. The van der Waals surface area contributed by atoms with Crippen LogP contribution in [-0.4, -0.2) is 37.2 Å². The SMILES string of the molecule is CCCCC/C=C\C/C=C\C/C=C\C/C=C\C/C=C\CCC(=O)OC[C@H](COC(=O)CCCCCCCCCCCCC/C=C\CCCCCCCC)OC(=O)CCCCCCC/C=C\CCCCCC. The fourth-order valence-corrected chi connectivity index (χ4v) is 8.30. The van der Waals surface area contributed by atoms with Crippen LogP contribution in [0.2, 0.25) is 0 Å². The average Bonchev–Trinajstić information content (AvgIpc) is 3.37. The normalized spacial score (nSPS) is 12.7. The molecule has 0 aliphatic rings. The first-order chi connectivity index (χ1) is 35.0. The fourth-order valence-electron chi connectivity index (χ4n) is 8.30. The van der Waals surface area contributed by atoms with Crippen molar-refractivity contribution in [3.63, 3.8) is 0 Å². The molecule has 0 rings (SSSR count). The van der Waals surface area contributed by atoms with Crippen LogP contribution in [0.25, 0.3) is 0 Å². The van der Waals surface area contributed by atoms with Crippen molar-refractivity contribution >= 4 is 17.9 Å². The third kappa shape index (κ3) is 57.4. The second kappa shape index (κ2) is 59.2. The lowest BCUT2D eigenvalue weighted by Gasteiger charge is -2.18. The highest BCUT2D eigenvalue weighted by molar-refractivity contribution is 5.71. The Balaban J connectivity index is 4.43. The van der Waals surface area contributed by atoms with Crippen molar-refractivity contribution < 1.29 is 28.6 Å². The fraction of sp³-hybridized carbons (Fsp3) is 0.738. The van der Waals surface area contributed by atoms with Crippen LogP contribution in [0, 0.1) is 0 Å². The third-order valence-electron chi connectivity index (χ3n) is 12.9. The Labute approximate surface area is 439 Å². The highest BCUT2D eigenvalue weighted by atomic mass is 16.6. The monoisotopic (exact) mass is 989 g/mol. The summed E-state index contributed by atoms with van der Waals surface area (Å²) in [6, 6.07) is 0. The van der Waals surface area contributed by atoms with Crippen molar-refractivity contribution in [2.45, 2.75) is 297 Å². The molecule has 1 atom stereocenters. The molecular weight excluding hydrogens is 877 g/mol. The molecule has 6 nitrogen and oxygen atoms in total. The van der Waals surface area contributed by atoms with Gasteiger partial charge in [-0.1, -0.05) is 247 Å². The van der Waals surface area contributed by atoms with Crippen molar-refractivity contribution in [1.82, 2.24) is 0 Å². The van der Waals surface area contributed by atoms with E-state index >= 15 is 0 Å². The van der Waals surface area contributed by atoms with Crippen LogP contribution in [-0.2, 0) is 28.6 Å². The highest BCUT2D eigenvalue weighted by Gasteiger charge is 2.19. The molecule has 0 radical (unpaired) electrons. The highest BCUT2D eigenvalue weighted by Crippen LogP contribution is 2.15. The molecule has 0 aromatic rings. The van der Waals surface area contributed by atoms with Gasteiger partial charge in [0.25, 0.3) is 0 Å². The van der Waals surface area contributed by atoms with Gasteiger partial charge in [-0.3, -0.25) is 14.4 Å². The van der Waals surface area contributed by atoms with E-state index < -0.39 is 6.10 Å². The van der Waals surface area contributed by atoms with Crippen LogP contribution in [0.4, 0.5) is 0 Å². The minimum absolute atomic E-state index is 0.102. The van der Waals surface area contributed by atoms with Gasteiger partial charge in [0.15, 0.2) is 6.10 Å². The number of hydrogen-bond acceptors (Lipinski definition) is 6. The first-order valence-corrected chi connectivity index (χ1v) is 30.1. The van der Waals surface area contributed by atoms with Crippen LogP contribution >= 0.6 is 0 Å². The number of rotatable bonds is 54. The second-order valence-electron chi connectivity index (χ2n) is 19.9. The average molecular weight is 990 g/mol. The zero-order valence-corrected chi connectivity index (χ0v) is 46.7. The van der Waals surface area contributed by atoms with E-state index in [1.54, 1.807) is 0 Å². The molecule has 408 valence electrons. The lowest BCUT2D eigenvalue weighted by Crippen LogP contribution is -2.30. The number of carbonyl (C=O) groups is 3. The molecule has 6 heteroatoms. The summed E-state index contributed by atoms with van der Waals surface area (Å²) >= 11 is 0. The van der Waals surface area contributed by atoms with Crippen LogP contribution < -0.4 is 0 Å². The first-order valence-electron chi connectivity index (χ1n) is 30.1. The van der Waals surface area contributed by atoms with Crippen molar-refractivity contribution in [3.8, 4) is 0 Å². The summed E-state index contributed by atoms with van der Waals surface area (Å²) in [7, 11) is 0. The number of unbranched alkanes of at least 4 members (excludes halogenated alkanes) is 29. The van der Waals surface area contributed by atoms with E-state index in [-0.39, 0.29) is 37.5 Å². The number of allylic oxidation sites excluding steroid dienone is 14. The van der Waals surface area contributed by atoms with E-state index in [9.17, 15) is 14.4 Å². The van der Waals surface area contributed by atoms with Gasteiger partial charge >= 0.3 is 17.9 Å². The Hall–Kier alpha value is -3.41. The molecule has 71 heavy (non-hydrogen) atoms. The molecule has 0 saturated carbocycles. The van der Waals surface area contributed by atoms with Gasteiger partial charge < -0.3 is 14.2 Å². The largest absolute Gasteiger partial charge is 0.462 e. The lowest BCUT2D eigenvalue weighted by molar-refractivity contribution is -0.166. The summed E-state index contributed by atoms with van der Waals surface area (Å²) in [4.78, 5) is 38.2. The number of carbonyl (C=O) groups excluding carboxylic acids is 3. The minimum atomic E-state index is -0.811. The van der Waals surface area contributed by atoms with E-state index in [1.807, 2.05) is 6.08 Å². The molecule has 0 bridgehead atoms. The maximum absolute atomic E-state index is 12.8. The zero-order valence-electron chi connectivity index (χ0n) is 46.7. The Morgan fingerprint density at radius 1 is 0.282 bits per heavy atom. The van der Waals surface area contributed by atoms with Crippen molar-refractivity contribution in [2.24, 2.45) is 0 Å². The van der Waals surface area contributed by atoms with Crippen LogP contribution in [0.1, 0.15) is 290 Å². The van der Waals surface area contributed by atoms with E-state index in [0.717, 1.165) is 77.0 Å². The molecule has 0 unspecified atom stereocenters. The van der Waals surface area contributed by atoms with Gasteiger partial charge in [0.2, 0.25) is 0 Å². The standard InChI is InChI=1S/C65H112O6/c1-4-7-10-13-16-19-22-25-27-29-31-32-34-36-38-41-43-46-49-52-55-58-64(67)70-61-62(71-65(68)59-56-53-50-47-44-39-24-21-18-15-12-9-6-3)60-69-63(66)57-54-51-48-45-42-40-37-35-33-30-28-26-23-20-17-14-11-8-5-2/h17,20-21,24-28,33,35,40,42,48,51,62H,4-16,18-19,22-23,29-32,34,36-39,41,43-47,49-50,52-61H2,1-3H3/b20-17-,24-21-,27-25-,28-26-,35-33-,42-40-,51-48-/t62-/m1/s1. The molecule has 0 aliphatic carbocycles. The Morgan fingerprint density at radius 2 is 0.535 bits per heavy atom. The predicted octanol–water partition coefficient (Wildman–Crippen LogP) is 20.3. The number of ether oxygens (including phenoxy) is 3. The van der Waals surface area contributed by atoms with E-state index in [1.165, 1.54) is 167 Å². The Morgan fingerprint density at radius 3 is 0.930 bits per heavy atom. The van der Waals surface area contributed by atoms with Gasteiger partial charge in [-0.25, -0.2) is 0 Å². The van der Waals surface area contributed by atoms with Crippen molar-refractivity contribution in [3.05, 3.63) is 85.1 Å².